The van der Waals surface area contributed by atoms with E-state index in [4.69, 9.17) is 4.43 Å². The Morgan fingerprint density at radius 2 is 1.68 bits per heavy atom. The Morgan fingerprint density at radius 1 is 1.05 bits per heavy atom. The molecule has 0 spiro atoms. The molecule has 1 saturated carbocycles. The fourth-order valence-electron chi connectivity index (χ4n) is 5.10. The highest BCUT2D eigenvalue weighted by atomic mass is 28.4. The molecule has 1 nitrogen and oxygen atoms in total. The predicted molar refractivity (Wildman–Crippen MR) is 97.6 cm³/mol. The van der Waals surface area contributed by atoms with Gasteiger partial charge in [-0.3, -0.25) is 0 Å². The van der Waals surface area contributed by atoms with E-state index in [1.165, 1.54) is 32.1 Å². The molecule has 126 valence electrons. The lowest BCUT2D eigenvalue weighted by atomic mass is 9.72. The number of hydrogen-bond acceptors (Lipinski definition) is 1. The summed E-state index contributed by atoms with van der Waals surface area (Å²) in [6.07, 6.45) is 7.15. The van der Waals surface area contributed by atoms with Crippen LogP contribution in [0.25, 0.3) is 0 Å². The van der Waals surface area contributed by atoms with Crippen molar-refractivity contribution in [3.8, 4) is 0 Å². The maximum absolute atomic E-state index is 6.96. The van der Waals surface area contributed by atoms with Crippen LogP contribution in [0.1, 0.15) is 73.6 Å². The second kappa shape index (κ2) is 4.72. The Labute approximate surface area is 139 Å². The van der Waals surface area contributed by atoms with Gasteiger partial charge in [0.1, 0.15) is 0 Å². The van der Waals surface area contributed by atoms with Crippen molar-refractivity contribution in [2.45, 2.75) is 97.9 Å². The van der Waals surface area contributed by atoms with Gasteiger partial charge in [0.15, 0.2) is 8.32 Å². The molecule has 3 rings (SSSR count). The summed E-state index contributed by atoms with van der Waals surface area (Å²) in [5.74, 6) is 0.864. The molecule has 3 atom stereocenters. The Hall–Kier alpha value is -0.0831. The first-order valence-electron chi connectivity index (χ1n) is 9.26. The van der Waals surface area contributed by atoms with E-state index in [1.54, 1.807) is 5.57 Å². The minimum absolute atomic E-state index is 0.312. The van der Waals surface area contributed by atoms with Crippen molar-refractivity contribution in [1.82, 2.24) is 0 Å². The minimum Gasteiger partial charge on any atom is -0.413 e. The standard InChI is InChI=1S/C20H36OSi/c1-18(2,3)22(7,8)21-17-10-9-15-11-14-12-19(4,5)13-16(14)20(15,17)6/h15,17H,9-13H2,1-8H3/t15-,17?,20-/m0/s1. The average Bonchev–Trinajstić information content (AvgIpc) is 2.86. The van der Waals surface area contributed by atoms with Crippen molar-refractivity contribution in [1.29, 1.82) is 0 Å². The Bertz CT molecular complexity index is 508. The highest BCUT2D eigenvalue weighted by molar-refractivity contribution is 6.74. The number of fused-ring (bicyclic) bond motifs is 2. The van der Waals surface area contributed by atoms with Gasteiger partial charge in [0.25, 0.3) is 0 Å². The third-order valence-electron chi connectivity index (χ3n) is 7.45. The van der Waals surface area contributed by atoms with Crippen molar-refractivity contribution in [2.24, 2.45) is 16.7 Å². The van der Waals surface area contributed by atoms with Crippen molar-refractivity contribution >= 4 is 8.32 Å². The molecule has 3 aliphatic carbocycles. The first-order chi connectivity index (χ1) is 9.87. The second-order valence-electron chi connectivity index (χ2n) is 10.7. The van der Waals surface area contributed by atoms with Crippen LogP contribution in [-0.4, -0.2) is 14.4 Å². The molecule has 0 aliphatic heterocycles. The van der Waals surface area contributed by atoms with Gasteiger partial charge in [-0.25, -0.2) is 0 Å². The van der Waals surface area contributed by atoms with Gasteiger partial charge in [-0.2, -0.15) is 0 Å². The van der Waals surface area contributed by atoms with E-state index in [9.17, 15) is 0 Å². The van der Waals surface area contributed by atoms with E-state index >= 15 is 0 Å². The molecule has 0 radical (unpaired) electrons. The molecular formula is C20H36OSi. The topological polar surface area (TPSA) is 9.23 Å². The zero-order valence-electron chi connectivity index (χ0n) is 16.1. The van der Waals surface area contributed by atoms with E-state index in [1.807, 2.05) is 5.57 Å². The molecule has 0 saturated heterocycles. The largest absolute Gasteiger partial charge is 0.413 e. The van der Waals surface area contributed by atoms with Crippen LogP contribution < -0.4 is 0 Å². The Balaban J connectivity index is 1.87. The average molecular weight is 321 g/mol. The lowest BCUT2D eigenvalue weighted by Gasteiger charge is -2.44. The Morgan fingerprint density at radius 3 is 2.27 bits per heavy atom. The summed E-state index contributed by atoms with van der Waals surface area (Å²) in [5, 5.41) is 0.312. The van der Waals surface area contributed by atoms with Crippen molar-refractivity contribution < 1.29 is 4.43 Å². The number of hydrogen-bond donors (Lipinski definition) is 0. The molecule has 0 aromatic rings. The molecular weight excluding hydrogens is 284 g/mol. The molecule has 0 amide bonds. The molecule has 0 heterocycles. The van der Waals surface area contributed by atoms with Gasteiger partial charge in [-0.15, -0.1) is 0 Å². The van der Waals surface area contributed by atoms with Crippen LogP contribution in [0.15, 0.2) is 11.1 Å². The zero-order chi connectivity index (χ0) is 16.6. The third-order valence-corrected chi connectivity index (χ3v) is 11.9. The van der Waals surface area contributed by atoms with Gasteiger partial charge >= 0.3 is 0 Å². The van der Waals surface area contributed by atoms with Crippen LogP contribution in [-0.2, 0) is 4.43 Å². The molecule has 0 aromatic carbocycles. The fourth-order valence-corrected chi connectivity index (χ4v) is 6.53. The maximum atomic E-state index is 6.96. The summed E-state index contributed by atoms with van der Waals surface area (Å²) in [7, 11) is -1.68. The summed E-state index contributed by atoms with van der Waals surface area (Å²) in [6, 6.07) is 0. The molecule has 0 N–H and O–H groups in total. The van der Waals surface area contributed by atoms with Crippen LogP contribution in [0.4, 0.5) is 0 Å². The lowest BCUT2D eigenvalue weighted by Crippen LogP contribution is -2.48. The van der Waals surface area contributed by atoms with Gasteiger partial charge in [0.05, 0.1) is 6.10 Å². The lowest BCUT2D eigenvalue weighted by molar-refractivity contribution is 0.0786. The maximum Gasteiger partial charge on any atom is 0.192 e. The monoisotopic (exact) mass is 320 g/mol. The van der Waals surface area contributed by atoms with Gasteiger partial charge in [-0.1, -0.05) is 52.7 Å². The first-order valence-corrected chi connectivity index (χ1v) is 12.2. The molecule has 0 bridgehead atoms. The molecule has 22 heavy (non-hydrogen) atoms. The van der Waals surface area contributed by atoms with Crippen molar-refractivity contribution in [3.05, 3.63) is 11.1 Å². The second-order valence-corrected chi connectivity index (χ2v) is 15.5. The van der Waals surface area contributed by atoms with Gasteiger partial charge in [0, 0.05) is 5.41 Å². The van der Waals surface area contributed by atoms with E-state index in [0.29, 0.717) is 22.0 Å². The normalized spacial score (nSPS) is 37.6. The number of rotatable bonds is 2. The van der Waals surface area contributed by atoms with Gasteiger partial charge in [-0.05, 0) is 61.6 Å². The molecule has 3 aliphatic rings. The summed E-state index contributed by atoms with van der Waals surface area (Å²) < 4.78 is 6.96. The smallest absolute Gasteiger partial charge is 0.192 e. The minimum atomic E-state index is -1.68. The highest BCUT2D eigenvalue weighted by Gasteiger charge is 2.58. The molecule has 2 heteroatoms. The summed E-state index contributed by atoms with van der Waals surface area (Å²) in [6.45, 7) is 19.4. The van der Waals surface area contributed by atoms with Gasteiger partial charge < -0.3 is 4.43 Å². The number of allylic oxidation sites excluding steroid dienone is 1. The van der Waals surface area contributed by atoms with E-state index in [0.717, 1.165) is 5.92 Å². The Kier molecular flexibility index (Phi) is 3.60. The van der Waals surface area contributed by atoms with Crippen LogP contribution in [0.3, 0.4) is 0 Å². The third kappa shape index (κ3) is 2.36. The van der Waals surface area contributed by atoms with Crippen molar-refractivity contribution in [2.75, 3.05) is 0 Å². The first kappa shape index (κ1) is 16.8. The van der Waals surface area contributed by atoms with Crippen LogP contribution >= 0.6 is 0 Å². The van der Waals surface area contributed by atoms with E-state index < -0.39 is 8.32 Å². The summed E-state index contributed by atoms with van der Waals surface area (Å²) in [4.78, 5) is 0. The van der Waals surface area contributed by atoms with E-state index in [2.05, 4.69) is 54.6 Å². The zero-order valence-corrected chi connectivity index (χ0v) is 17.1. The van der Waals surface area contributed by atoms with Crippen LogP contribution in [0.2, 0.25) is 18.1 Å². The molecule has 1 unspecified atom stereocenters. The van der Waals surface area contributed by atoms with Gasteiger partial charge in [0.2, 0.25) is 0 Å². The highest BCUT2D eigenvalue weighted by Crippen LogP contribution is 2.65. The fraction of sp³-hybridized carbons (Fsp3) is 0.900. The quantitative estimate of drug-likeness (QED) is 0.427. The predicted octanol–water partition coefficient (Wildman–Crippen LogP) is 6.31. The van der Waals surface area contributed by atoms with E-state index in [-0.39, 0.29) is 0 Å². The van der Waals surface area contributed by atoms with Crippen molar-refractivity contribution in [3.63, 3.8) is 0 Å². The summed E-state index contributed by atoms with van der Waals surface area (Å²) >= 11 is 0. The SMILES string of the molecule is CC1(C)CC2=C(C1)[C@@]1(C)C(O[Si](C)(C)C(C)(C)C)CC[C@H]1C2. The van der Waals surface area contributed by atoms with Crippen LogP contribution in [0.5, 0.6) is 0 Å². The summed E-state index contributed by atoms with van der Waals surface area (Å²) in [5.41, 5.74) is 4.45. The van der Waals surface area contributed by atoms with Crippen LogP contribution in [0, 0.1) is 16.7 Å². The molecule has 0 aromatic heterocycles. The molecule has 1 fully saturated rings.